The van der Waals surface area contributed by atoms with Crippen molar-refractivity contribution in [3.63, 3.8) is 0 Å². The molecule has 2 nitrogen and oxygen atoms in total. The molecule has 0 aromatic heterocycles. The lowest BCUT2D eigenvalue weighted by Crippen LogP contribution is -2.30. The van der Waals surface area contributed by atoms with Crippen molar-refractivity contribution in [1.29, 1.82) is 0 Å². The topological polar surface area (TPSA) is 29.1 Å². The third-order valence-electron chi connectivity index (χ3n) is 1.44. The predicted octanol–water partition coefficient (Wildman–Crippen LogP) is 3.09. The largest absolute Gasteiger partial charge is 0.471 e. The van der Waals surface area contributed by atoms with Gasteiger partial charge >= 0.3 is 12.1 Å². The molecular weight excluding hydrogens is 282 g/mol. The highest BCUT2D eigenvalue weighted by Gasteiger charge is 2.38. The van der Waals surface area contributed by atoms with Crippen LogP contribution in [-0.2, 0) is 4.79 Å². The molecule has 0 saturated heterocycles. The zero-order chi connectivity index (χ0) is 11.6. The Morgan fingerprint density at radius 1 is 1.33 bits per heavy atom. The number of halogens is 5. The number of benzene rings is 1. The first kappa shape index (κ1) is 12.0. The first-order chi connectivity index (χ1) is 6.80. The summed E-state index contributed by atoms with van der Waals surface area (Å²) in [7, 11) is 0. The number of hydrogen-bond acceptors (Lipinski definition) is 1. The van der Waals surface area contributed by atoms with Crippen LogP contribution in [0.5, 0.6) is 0 Å². The second-order valence-electron chi connectivity index (χ2n) is 2.58. The summed E-state index contributed by atoms with van der Waals surface area (Å²) < 4.78 is 48.1. The second-order valence-corrected chi connectivity index (χ2v) is 3.43. The minimum atomic E-state index is -4.96. The molecule has 1 rings (SSSR count). The maximum atomic E-state index is 12.6. The summed E-state index contributed by atoms with van der Waals surface area (Å²) in [5, 5.41) is 1.60. The molecule has 1 amide bonds. The summed E-state index contributed by atoms with van der Waals surface area (Å²) in [5.41, 5.74) is -0.140. The van der Waals surface area contributed by atoms with Crippen LogP contribution in [-0.4, -0.2) is 12.1 Å². The fourth-order valence-electron chi connectivity index (χ4n) is 0.784. The van der Waals surface area contributed by atoms with Gasteiger partial charge in [0.25, 0.3) is 0 Å². The van der Waals surface area contributed by atoms with Crippen molar-refractivity contribution in [2.45, 2.75) is 6.18 Å². The first-order valence-corrected chi connectivity index (χ1v) is 4.43. The average molecular weight is 286 g/mol. The van der Waals surface area contributed by atoms with Crippen LogP contribution in [0.25, 0.3) is 0 Å². The Balaban J connectivity index is 2.87. The van der Waals surface area contributed by atoms with Gasteiger partial charge in [0.05, 0.1) is 5.69 Å². The molecule has 0 aliphatic heterocycles. The summed E-state index contributed by atoms with van der Waals surface area (Å²) in [6, 6.07) is 2.92. The Morgan fingerprint density at radius 2 is 1.93 bits per heavy atom. The first-order valence-electron chi connectivity index (χ1n) is 3.64. The zero-order valence-electron chi connectivity index (χ0n) is 7.03. The second kappa shape index (κ2) is 4.18. The Labute approximate surface area is 90.4 Å². The van der Waals surface area contributed by atoms with Crippen molar-refractivity contribution < 1.29 is 22.4 Å². The van der Waals surface area contributed by atoms with Crippen molar-refractivity contribution in [2.24, 2.45) is 0 Å². The standard InChI is InChI=1S/C8H4BrF4NO/c9-5-3-4(10)1-2-6(5)14-7(15)8(11,12)13/h1-3H,(H,14,15). The van der Waals surface area contributed by atoms with Crippen molar-refractivity contribution in [2.75, 3.05) is 5.32 Å². The Bertz CT molecular complexity index is 391. The van der Waals surface area contributed by atoms with Gasteiger partial charge in [-0.3, -0.25) is 4.79 Å². The van der Waals surface area contributed by atoms with Crippen molar-refractivity contribution >= 4 is 27.5 Å². The van der Waals surface area contributed by atoms with Crippen molar-refractivity contribution in [3.05, 3.63) is 28.5 Å². The molecule has 82 valence electrons. The van der Waals surface area contributed by atoms with Crippen LogP contribution in [0.1, 0.15) is 0 Å². The fourth-order valence-corrected chi connectivity index (χ4v) is 1.23. The molecule has 1 aromatic carbocycles. The van der Waals surface area contributed by atoms with E-state index in [1.807, 2.05) is 0 Å². The van der Waals surface area contributed by atoms with Gasteiger partial charge < -0.3 is 5.32 Å². The Kier molecular flexibility index (Phi) is 3.33. The molecule has 0 saturated carbocycles. The lowest BCUT2D eigenvalue weighted by molar-refractivity contribution is -0.167. The normalized spacial score (nSPS) is 11.3. The van der Waals surface area contributed by atoms with Crippen LogP contribution in [0.3, 0.4) is 0 Å². The highest BCUT2D eigenvalue weighted by Crippen LogP contribution is 2.25. The number of amides is 1. The quantitative estimate of drug-likeness (QED) is 0.790. The predicted molar refractivity (Wildman–Crippen MR) is 48.8 cm³/mol. The maximum absolute atomic E-state index is 12.6. The molecule has 0 bridgehead atoms. The maximum Gasteiger partial charge on any atom is 0.471 e. The van der Waals surface area contributed by atoms with Crippen molar-refractivity contribution in [3.8, 4) is 0 Å². The average Bonchev–Trinajstić information content (AvgIpc) is 2.08. The highest BCUT2D eigenvalue weighted by atomic mass is 79.9. The van der Waals surface area contributed by atoms with E-state index >= 15 is 0 Å². The molecule has 0 unspecified atom stereocenters. The lowest BCUT2D eigenvalue weighted by Gasteiger charge is -2.09. The van der Waals surface area contributed by atoms with Crippen LogP contribution >= 0.6 is 15.9 Å². The molecule has 15 heavy (non-hydrogen) atoms. The molecule has 0 aliphatic carbocycles. The Morgan fingerprint density at radius 3 is 2.40 bits per heavy atom. The van der Waals surface area contributed by atoms with Crippen molar-refractivity contribution in [1.82, 2.24) is 0 Å². The highest BCUT2D eigenvalue weighted by molar-refractivity contribution is 9.10. The van der Waals surface area contributed by atoms with Crippen LogP contribution in [0.4, 0.5) is 23.2 Å². The van der Waals surface area contributed by atoms with Crippen LogP contribution in [0, 0.1) is 5.82 Å². The van der Waals surface area contributed by atoms with E-state index in [4.69, 9.17) is 0 Å². The third-order valence-corrected chi connectivity index (χ3v) is 2.09. The molecule has 0 radical (unpaired) electrons. The molecule has 0 heterocycles. The zero-order valence-corrected chi connectivity index (χ0v) is 8.62. The van der Waals surface area contributed by atoms with Gasteiger partial charge in [-0.05, 0) is 34.1 Å². The van der Waals surface area contributed by atoms with Gasteiger partial charge in [-0.2, -0.15) is 13.2 Å². The van der Waals surface area contributed by atoms with Gasteiger partial charge in [0, 0.05) is 4.47 Å². The number of alkyl halides is 3. The third kappa shape index (κ3) is 3.19. The van der Waals surface area contributed by atoms with Gasteiger partial charge in [0.15, 0.2) is 0 Å². The molecule has 0 fully saturated rings. The molecule has 0 atom stereocenters. The van der Waals surface area contributed by atoms with E-state index < -0.39 is 17.9 Å². The van der Waals surface area contributed by atoms with E-state index in [2.05, 4.69) is 15.9 Å². The minimum absolute atomic E-state index is 0.0418. The van der Waals surface area contributed by atoms with Gasteiger partial charge in [-0.1, -0.05) is 0 Å². The van der Waals surface area contributed by atoms with Gasteiger partial charge in [0.1, 0.15) is 5.82 Å². The van der Waals surface area contributed by atoms with Crippen LogP contribution in [0.15, 0.2) is 22.7 Å². The van der Waals surface area contributed by atoms with Gasteiger partial charge in [-0.25, -0.2) is 4.39 Å². The summed E-state index contributed by atoms with van der Waals surface area (Å²) >= 11 is 2.82. The smallest absolute Gasteiger partial charge is 0.317 e. The molecule has 0 spiro atoms. The number of nitrogens with one attached hydrogen (secondary N) is 1. The number of hydrogen-bond donors (Lipinski definition) is 1. The van der Waals surface area contributed by atoms with E-state index in [-0.39, 0.29) is 10.2 Å². The molecule has 1 aromatic rings. The SMILES string of the molecule is O=C(Nc1ccc(F)cc1Br)C(F)(F)F. The summed E-state index contributed by atoms with van der Waals surface area (Å²) in [6.45, 7) is 0. The molecule has 1 N–H and O–H groups in total. The lowest BCUT2D eigenvalue weighted by atomic mass is 10.3. The minimum Gasteiger partial charge on any atom is -0.317 e. The van der Waals surface area contributed by atoms with Crippen LogP contribution < -0.4 is 5.32 Å². The molecular formula is C8H4BrF4NO. The number of rotatable bonds is 1. The summed E-state index contributed by atoms with van der Waals surface area (Å²) in [5.74, 6) is -2.72. The number of anilines is 1. The van der Waals surface area contributed by atoms with E-state index in [0.717, 1.165) is 18.2 Å². The summed E-state index contributed by atoms with van der Waals surface area (Å²) in [4.78, 5) is 10.5. The number of carbonyl (C=O) groups excluding carboxylic acids is 1. The summed E-state index contributed by atoms with van der Waals surface area (Å²) in [6.07, 6.45) is -4.96. The van der Waals surface area contributed by atoms with E-state index in [1.54, 1.807) is 5.32 Å². The number of carbonyl (C=O) groups is 1. The van der Waals surface area contributed by atoms with Gasteiger partial charge in [-0.15, -0.1) is 0 Å². The monoisotopic (exact) mass is 285 g/mol. The van der Waals surface area contributed by atoms with E-state index in [0.29, 0.717) is 0 Å². The fraction of sp³-hybridized carbons (Fsp3) is 0.125. The van der Waals surface area contributed by atoms with E-state index in [9.17, 15) is 22.4 Å². The molecule has 0 aliphatic rings. The van der Waals surface area contributed by atoms with E-state index in [1.165, 1.54) is 0 Å². The van der Waals surface area contributed by atoms with Crippen LogP contribution in [0.2, 0.25) is 0 Å². The van der Waals surface area contributed by atoms with Gasteiger partial charge in [0.2, 0.25) is 0 Å². The Hall–Kier alpha value is -1.11. The molecule has 7 heteroatoms.